The Morgan fingerprint density at radius 1 is 0.788 bits per heavy atom. The average Bonchev–Trinajstić information content (AvgIpc) is 3.30. The molecule has 3 aromatic rings. The lowest BCUT2D eigenvalue weighted by atomic mass is 9.88. The molecule has 3 aromatic carbocycles. The number of Topliss-reactive ketones (excluding diaryl/α,β-unsaturated/α-hetero) is 1. The van der Waals surface area contributed by atoms with Crippen LogP contribution in [0.4, 0.5) is 16.2 Å². The van der Waals surface area contributed by atoms with Crippen LogP contribution in [-0.2, 0) is 4.79 Å². The molecule has 0 aromatic heterocycles. The lowest BCUT2D eigenvalue weighted by Crippen LogP contribution is -2.25. The first-order chi connectivity index (χ1) is 15.9. The van der Waals surface area contributed by atoms with Crippen molar-refractivity contribution in [2.45, 2.75) is 19.3 Å². The second kappa shape index (κ2) is 9.88. The summed E-state index contributed by atoms with van der Waals surface area (Å²) < 4.78 is 0. The summed E-state index contributed by atoms with van der Waals surface area (Å²) >= 11 is 5.93. The molecule has 33 heavy (non-hydrogen) atoms. The molecule has 7 heteroatoms. The average molecular weight is 463 g/mol. The molecule has 1 aliphatic carbocycles. The van der Waals surface area contributed by atoms with Gasteiger partial charge in [0.15, 0.2) is 5.78 Å². The Kier molecular flexibility index (Phi) is 6.75. The minimum atomic E-state index is -0.891. The van der Waals surface area contributed by atoms with Crippen molar-refractivity contribution >= 4 is 40.8 Å². The maximum Gasteiger partial charge on any atom is 0.323 e. The monoisotopic (exact) mass is 462 g/mol. The van der Waals surface area contributed by atoms with Gasteiger partial charge in [0.2, 0.25) is 0 Å². The molecule has 0 spiro atoms. The summed E-state index contributed by atoms with van der Waals surface area (Å²) in [6.45, 7) is 0. The predicted octanol–water partition coefficient (Wildman–Crippen LogP) is 6.33. The quantitative estimate of drug-likeness (QED) is 0.373. The van der Waals surface area contributed by atoms with Gasteiger partial charge in [-0.15, -0.1) is 0 Å². The van der Waals surface area contributed by atoms with Crippen molar-refractivity contribution in [3.05, 3.63) is 83.4 Å². The number of halogens is 1. The zero-order chi connectivity index (χ0) is 23.4. The van der Waals surface area contributed by atoms with E-state index >= 15 is 0 Å². The molecule has 2 atom stereocenters. The molecule has 0 unspecified atom stereocenters. The summed E-state index contributed by atoms with van der Waals surface area (Å²) in [6, 6.07) is 21.1. The molecule has 1 aliphatic rings. The van der Waals surface area contributed by atoms with E-state index in [0.717, 1.165) is 17.5 Å². The van der Waals surface area contributed by atoms with Crippen LogP contribution in [0.5, 0.6) is 0 Å². The molecule has 0 radical (unpaired) electrons. The predicted molar refractivity (Wildman–Crippen MR) is 129 cm³/mol. The Labute approximate surface area is 196 Å². The number of carboxylic acid groups (broad SMARTS) is 1. The van der Waals surface area contributed by atoms with Crippen LogP contribution in [0.25, 0.3) is 11.1 Å². The smallest absolute Gasteiger partial charge is 0.323 e. The molecule has 0 bridgehead atoms. The number of anilines is 2. The van der Waals surface area contributed by atoms with Crippen molar-refractivity contribution in [3.63, 3.8) is 0 Å². The Hall–Kier alpha value is -3.64. The fraction of sp³-hybridized carbons (Fsp3) is 0.192. The molecular formula is C26H23ClN2O4. The van der Waals surface area contributed by atoms with E-state index in [9.17, 15) is 19.5 Å². The first kappa shape index (κ1) is 22.6. The third kappa shape index (κ3) is 5.41. The third-order valence-electron chi connectivity index (χ3n) is 5.90. The lowest BCUT2D eigenvalue weighted by molar-refractivity contribution is -0.142. The normalized spacial score (nSPS) is 17.4. The number of urea groups is 1. The summed E-state index contributed by atoms with van der Waals surface area (Å²) in [6.07, 6.45) is 1.95. The number of amides is 2. The van der Waals surface area contributed by atoms with Crippen molar-refractivity contribution in [3.8, 4) is 11.1 Å². The first-order valence-corrected chi connectivity index (χ1v) is 11.1. The molecule has 3 N–H and O–H groups in total. The number of aliphatic carboxylic acids is 1. The highest BCUT2D eigenvalue weighted by Crippen LogP contribution is 2.35. The maximum atomic E-state index is 12.8. The highest BCUT2D eigenvalue weighted by atomic mass is 35.5. The zero-order valence-corrected chi connectivity index (χ0v) is 18.5. The SMILES string of the molecule is O=C(Nc1ccc(-c2ccc(C(=O)[C@@H]3CCC[C@H]3C(=O)O)cc2)cc1)Nc1cccc(Cl)c1. The van der Waals surface area contributed by atoms with Crippen LogP contribution in [-0.4, -0.2) is 22.9 Å². The fourth-order valence-electron chi connectivity index (χ4n) is 4.22. The van der Waals surface area contributed by atoms with E-state index in [-0.39, 0.29) is 11.8 Å². The summed E-state index contributed by atoms with van der Waals surface area (Å²) in [5.41, 5.74) is 3.61. The molecule has 2 amide bonds. The van der Waals surface area contributed by atoms with Gasteiger partial charge in [-0.05, 0) is 54.3 Å². The fourth-order valence-corrected chi connectivity index (χ4v) is 4.41. The standard InChI is InChI=1S/C26H23ClN2O4/c27-19-3-1-4-21(15-19)29-26(33)28-20-13-11-17(12-14-20)16-7-9-18(10-8-16)24(30)22-5-2-6-23(22)25(31)32/h1,3-4,7-15,22-23H,2,5-6H2,(H,31,32)(H2,28,29,33)/t22-,23-/m1/s1. The van der Waals surface area contributed by atoms with Crippen molar-refractivity contribution in [2.75, 3.05) is 10.6 Å². The summed E-state index contributed by atoms with van der Waals surface area (Å²) in [7, 11) is 0. The van der Waals surface area contributed by atoms with Gasteiger partial charge in [0.25, 0.3) is 0 Å². The van der Waals surface area contributed by atoms with Crippen molar-refractivity contribution in [1.29, 1.82) is 0 Å². The van der Waals surface area contributed by atoms with Gasteiger partial charge in [-0.3, -0.25) is 9.59 Å². The molecule has 6 nitrogen and oxygen atoms in total. The number of carboxylic acids is 1. The molecular weight excluding hydrogens is 440 g/mol. The van der Waals surface area contributed by atoms with Gasteiger partial charge in [-0.25, -0.2) is 4.79 Å². The van der Waals surface area contributed by atoms with Gasteiger partial charge >= 0.3 is 12.0 Å². The van der Waals surface area contributed by atoms with Gasteiger partial charge in [0, 0.05) is 27.9 Å². The van der Waals surface area contributed by atoms with Crippen LogP contribution < -0.4 is 10.6 Å². The van der Waals surface area contributed by atoms with Crippen LogP contribution in [0, 0.1) is 11.8 Å². The van der Waals surface area contributed by atoms with Gasteiger partial charge < -0.3 is 15.7 Å². The van der Waals surface area contributed by atoms with Gasteiger partial charge in [-0.1, -0.05) is 60.5 Å². The topological polar surface area (TPSA) is 95.5 Å². The zero-order valence-electron chi connectivity index (χ0n) is 17.8. The Morgan fingerprint density at radius 2 is 1.39 bits per heavy atom. The Bertz CT molecular complexity index is 1180. The third-order valence-corrected chi connectivity index (χ3v) is 6.13. The van der Waals surface area contributed by atoms with E-state index in [4.69, 9.17) is 11.6 Å². The lowest BCUT2D eigenvalue weighted by Gasteiger charge is -2.14. The van der Waals surface area contributed by atoms with E-state index in [1.165, 1.54) is 0 Å². The van der Waals surface area contributed by atoms with Gasteiger partial charge in [0.1, 0.15) is 0 Å². The van der Waals surface area contributed by atoms with E-state index in [0.29, 0.717) is 34.8 Å². The van der Waals surface area contributed by atoms with Crippen LogP contribution >= 0.6 is 11.6 Å². The number of carbonyl (C=O) groups excluding carboxylic acids is 2. The van der Waals surface area contributed by atoms with E-state index < -0.39 is 17.8 Å². The van der Waals surface area contributed by atoms with Crippen LogP contribution in [0.2, 0.25) is 5.02 Å². The first-order valence-electron chi connectivity index (χ1n) is 10.7. The number of benzene rings is 3. The van der Waals surface area contributed by atoms with Crippen LogP contribution in [0.3, 0.4) is 0 Å². The molecule has 0 heterocycles. The molecule has 0 aliphatic heterocycles. The van der Waals surface area contributed by atoms with Crippen LogP contribution in [0.1, 0.15) is 29.6 Å². The number of rotatable bonds is 6. The Balaban J connectivity index is 1.39. The molecule has 168 valence electrons. The van der Waals surface area contributed by atoms with Crippen molar-refractivity contribution in [2.24, 2.45) is 11.8 Å². The van der Waals surface area contributed by atoms with Gasteiger partial charge in [-0.2, -0.15) is 0 Å². The molecule has 1 fully saturated rings. The number of nitrogens with one attached hydrogen (secondary N) is 2. The Morgan fingerprint density at radius 3 is 2.03 bits per heavy atom. The maximum absolute atomic E-state index is 12.8. The van der Waals surface area contributed by atoms with E-state index in [1.54, 1.807) is 48.5 Å². The largest absolute Gasteiger partial charge is 0.481 e. The number of hydrogen-bond acceptors (Lipinski definition) is 3. The van der Waals surface area contributed by atoms with Crippen molar-refractivity contribution in [1.82, 2.24) is 0 Å². The second-order valence-corrected chi connectivity index (χ2v) is 8.53. The van der Waals surface area contributed by atoms with E-state index in [2.05, 4.69) is 10.6 Å². The number of hydrogen-bond donors (Lipinski definition) is 3. The summed E-state index contributed by atoms with van der Waals surface area (Å²) in [5.74, 6) is -2.03. The summed E-state index contributed by atoms with van der Waals surface area (Å²) in [5, 5.41) is 15.4. The molecule has 4 rings (SSSR count). The van der Waals surface area contributed by atoms with Crippen molar-refractivity contribution < 1.29 is 19.5 Å². The van der Waals surface area contributed by atoms with Crippen LogP contribution in [0.15, 0.2) is 72.8 Å². The molecule has 1 saturated carbocycles. The number of carbonyl (C=O) groups is 3. The second-order valence-electron chi connectivity index (χ2n) is 8.09. The highest BCUT2D eigenvalue weighted by Gasteiger charge is 2.37. The minimum Gasteiger partial charge on any atom is -0.481 e. The number of ketones is 1. The summed E-state index contributed by atoms with van der Waals surface area (Å²) in [4.78, 5) is 36.4. The van der Waals surface area contributed by atoms with E-state index in [1.807, 2.05) is 24.3 Å². The van der Waals surface area contributed by atoms with Gasteiger partial charge in [0.05, 0.1) is 5.92 Å². The molecule has 0 saturated heterocycles. The minimum absolute atomic E-state index is 0.100. The highest BCUT2D eigenvalue weighted by molar-refractivity contribution is 6.30.